The fourth-order valence-electron chi connectivity index (χ4n) is 3.62. The van der Waals surface area contributed by atoms with Crippen molar-refractivity contribution in [3.05, 3.63) is 0 Å². The van der Waals surface area contributed by atoms with E-state index < -0.39 is 0 Å². The molecule has 4 unspecified atom stereocenters. The molecular weight excluding hydrogens is 226 g/mol. The number of nitrogens with one attached hydrogen (secondary N) is 1. The Balaban J connectivity index is 1.75. The highest BCUT2D eigenvalue weighted by molar-refractivity contribution is 7.99. The number of hydrogen-bond acceptors (Lipinski definition) is 2. The maximum atomic E-state index is 3.95. The number of thioether (sulfide) groups is 1. The van der Waals surface area contributed by atoms with Crippen LogP contribution in [-0.2, 0) is 0 Å². The largest absolute Gasteiger partial charge is 0.311 e. The molecule has 2 rings (SSSR count). The lowest BCUT2D eigenvalue weighted by Gasteiger charge is -2.34. The van der Waals surface area contributed by atoms with E-state index in [1.807, 2.05) is 0 Å². The molecule has 0 radical (unpaired) electrons. The monoisotopic (exact) mass is 255 g/mol. The van der Waals surface area contributed by atoms with Gasteiger partial charge in [0.2, 0.25) is 0 Å². The van der Waals surface area contributed by atoms with Crippen LogP contribution in [0, 0.1) is 11.8 Å². The molecule has 2 saturated carbocycles. The Morgan fingerprint density at radius 3 is 2.41 bits per heavy atom. The van der Waals surface area contributed by atoms with Gasteiger partial charge in [-0.1, -0.05) is 26.7 Å². The zero-order valence-corrected chi connectivity index (χ0v) is 12.6. The third kappa shape index (κ3) is 3.89. The number of rotatable bonds is 4. The smallest absolute Gasteiger partial charge is 0.00805 e. The van der Waals surface area contributed by atoms with Crippen molar-refractivity contribution < 1.29 is 0 Å². The Morgan fingerprint density at radius 2 is 1.76 bits per heavy atom. The zero-order chi connectivity index (χ0) is 12.3. The van der Waals surface area contributed by atoms with Crippen molar-refractivity contribution in [3.8, 4) is 0 Å². The SMILES string of the molecule is CSC1CCC(NC2CCCC(C(C)C)C2)C1. The van der Waals surface area contributed by atoms with E-state index in [9.17, 15) is 0 Å². The minimum absolute atomic E-state index is 0.821. The lowest BCUT2D eigenvalue weighted by atomic mass is 9.79. The Morgan fingerprint density at radius 1 is 1.00 bits per heavy atom. The summed E-state index contributed by atoms with van der Waals surface area (Å²) in [5.74, 6) is 1.85. The molecule has 2 aliphatic rings. The molecule has 0 aliphatic heterocycles. The predicted octanol–water partition coefficient (Wildman–Crippen LogP) is 4.07. The van der Waals surface area contributed by atoms with Crippen LogP contribution in [0.3, 0.4) is 0 Å². The average Bonchev–Trinajstić information content (AvgIpc) is 2.77. The molecule has 2 aliphatic carbocycles. The van der Waals surface area contributed by atoms with Crippen LogP contribution < -0.4 is 5.32 Å². The molecular formula is C15H29NS. The van der Waals surface area contributed by atoms with E-state index in [0.29, 0.717) is 0 Å². The molecule has 2 heteroatoms. The average molecular weight is 255 g/mol. The summed E-state index contributed by atoms with van der Waals surface area (Å²) in [5.41, 5.74) is 0. The van der Waals surface area contributed by atoms with E-state index >= 15 is 0 Å². The molecule has 4 atom stereocenters. The zero-order valence-electron chi connectivity index (χ0n) is 11.7. The van der Waals surface area contributed by atoms with Crippen molar-refractivity contribution in [1.82, 2.24) is 5.32 Å². The lowest BCUT2D eigenvalue weighted by Crippen LogP contribution is -2.40. The summed E-state index contributed by atoms with van der Waals surface area (Å²) < 4.78 is 0. The van der Waals surface area contributed by atoms with Gasteiger partial charge >= 0.3 is 0 Å². The Labute approximate surface area is 112 Å². The van der Waals surface area contributed by atoms with Gasteiger partial charge in [-0.15, -0.1) is 0 Å². The Hall–Kier alpha value is 0.310. The predicted molar refractivity (Wildman–Crippen MR) is 78.7 cm³/mol. The normalized spacial score (nSPS) is 38.8. The summed E-state index contributed by atoms with van der Waals surface area (Å²) in [6, 6.07) is 1.64. The Bertz CT molecular complexity index is 229. The second kappa shape index (κ2) is 6.47. The first kappa shape index (κ1) is 13.7. The first-order valence-electron chi connectivity index (χ1n) is 7.48. The summed E-state index contributed by atoms with van der Waals surface area (Å²) in [7, 11) is 0. The molecule has 0 aromatic heterocycles. The molecule has 17 heavy (non-hydrogen) atoms. The summed E-state index contributed by atoms with van der Waals surface area (Å²) in [6.07, 6.45) is 12.3. The standard InChI is InChI=1S/C15H29NS/c1-11(2)12-5-4-6-13(9-12)16-14-7-8-15(10-14)17-3/h11-16H,4-10H2,1-3H3. The van der Waals surface area contributed by atoms with Gasteiger partial charge in [0, 0.05) is 17.3 Å². The maximum absolute atomic E-state index is 3.95. The minimum atomic E-state index is 0.821. The fourth-order valence-corrected chi connectivity index (χ4v) is 4.42. The van der Waals surface area contributed by atoms with Crippen LogP contribution in [0.2, 0.25) is 0 Å². The molecule has 0 amide bonds. The first-order chi connectivity index (χ1) is 8.19. The topological polar surface area (TPSA) is 12.0 Å². The van der Waals surface area contributed by atoms with Crippen molar-refractivity contribution in [2.75, 3.05) is 6.26 Å². The molecule has 0 aromatic rings. The number of hydrogen-bond donors (Lipinski definition) is 1. The van der Waals surface area contributed by atoms with Gasteiger partial charge in [0.15, 0.2) is 0 Å². The van der Waals surface area contributed by atoms with Crippen LogP contribution in [0.25, 0.3) is 0 Å². The second-order valence-corrected chi connectivity index (χ2v) is 7.54. The van der Waals surface area contributed by atoms with Crippen molar-refractivity contribution in [3.63, 3.8) is 0 Å². The van der Waals surface area contributed by atoms with Gasteiger partial charge in [-0.05, 0) is 50.2 Å². The molecule has 0 spiro atoms. The van der Waals surface area contributed by atoms with Crippen LogP contribution >= 0.6 is 11.8 Å². The van der Waals surface area contributed by atoms with E-state index in [1.54, 1.807) is 0 Å². The summed E-state index contributed by atoms with van der Waals surface area (Å²) >= 11 is 2.06. The summed E-state index contributed by atoms with van der Waals surface area (Å²) in [5, 5.41) is 4.88. The van der Waals surface area contributed by atoms with E-state index in [2.05, 4.69) is 37.2 Å². The van der Waals surface area contributed by atoms with Gasteiger partial charge in [0.25, 0.3) is 0 Å². The Kier molecular flexibility index (Phi) is 5.23. The molecule has 0 saturated heterocycles. The van der Waals surface area contributed by atoms with E-state index in [1.165, 1.54) is 44.9 Å². The van der Waals surface area contributed by atoms with Gasteiger partial charge in [-0.2, -0.15) is 11.8 Å². The van der Waals surface area contributed by atoms with Crippen LogP contribution in [0.5, 0.6) is 0 Å². The molecule has 1 N–H and O–H groups in total. The minimum Gasteiger partial charge on any atom is -0.311 e. The van der Waals surface area contributed by atoms with E-state index in [0.717, 1.165) is 29.2 Å². The van der Waals surface area contributed by atoms with Gasteiger partial charge in [0.05, 0.1) is 0 Å². The quantitative estimate of drug-likeness (QED) is 0.812. The van der Waals surface area contributed by atoms with Crippen LogP contribution in [0.4, 0.5) is 0 Å². The van der Waals surface area contributed by atoms with Crippen LogP contribution in [-0.4, -0.2) is 23.6 Å². The highest BCUT2D eigenvalue weighted by Crippen LogP contribution is 2.33. The maximum Gasteiger partial charge on any atom is 0.00805 e. The molecule has 2 fully saturated rings. The lowest BCUT2D eigenvalue weighted by molar-refractivity contribution is 0.220. The van der Waals surface area contributed by atoms with E-state index in [-0.39, 0.29) is 0 Å². The van der Waals surface area contributed by atoms with Crippen molar-refractivity contribution >= 4 is 11.8 Å². The summed E-state index contributed by atoms with van der Waals surface area (Å²) in [6.45, 7) is 4.79. The van der Waals surface area contributed by atoms with Crippen LogP contribution in [0.15, 0.2) is 0 Å². The van der Waals surface area contributed by atoms with Crippen LogP contribution in [0.1, 0.15) is 58.8 Å². The third-order valence-electron chi connectivity index (χ3n) is 4.85. The summed E-state index contributed by atoms with van der Waals surface area (Å²) in [4.78, 5) is 0. The van der Waals surface area contributed by atoms with Crippen molar-refractivity contribution in [2.24, 2.45) is 11.8 Å². The molecule has 0 bridgehead atoms. The fraction of sp³-hybridized carbons (Fsp3) is 1.00. The van der Waals surface area contributed by atoms with E-state index in [4.69, 9.17) is 0 Å². The molecule has 0 aromatic carbocycles. The highest BCUT2D eigenvalue weighted by atomic mass is 32.2. The van der Waals surface area contributed by atoms with Gasteiger partial charge in [-0.3, -0.25) is 0 Å². The molecule has 0 heterocycles. The molecule has 1 nitrogen and oxygen atoms in total. The highest BCUT2D eigenvalue weighted by Gasteiger charge is 2.29. The van der Waals surface area contributed by atoms with Crippen molar-refractivity contribution in [1.29, 1.82) is 0 Å². The van der Waals surface area contributed by atoms with Gasteiger partial charge in [0.1, 0.15) is 0 Å². The molecule has 100 valence electrons. The van der Waals surface area contributed by atoms with Gasteiger partial charge in [-0.25, -0.2) is 0 Å². The van der Waals surface area contributed by atoms with Crippen molar-refractivity contribution in [2.45, 2.75) is 76.1 Å². The van der Waals surface area contributed by atoms with Gasteiger partial charge < -0.3 is 5.32 Å². The second-order valence-electron chi connectivity index (χ2n) is 6.40. The first-order valence-corrected chi connectivity index (χ1v) is 8.76. The third-order valence-corrected chi connectivity index (χ3v) is 5.94.